The number of allylic oxidation sites excluding steroid dienone is 2. The van der Waals surface area contributed by atoms with E-state index in [4.69, 9.17) is 11.1 Å². The van der Waals surface area contributed by atoms with Crippen molar-refractivity contribution in [2.75, 3.05) is 7.05 Å². The molecule has 0 radical (unpaired) electrons. The lowest BCUT2D eigenvalue weighted by molar-refractivity contribution is -0.113. The number of hydrogen-bond acceptors (Lipinski definition) is 4. The predicted octanol–water partition coefficient (Wildman–Crippen LogP) is 0.0383. The molecule has 0 atom stereocenters. The molecule has 0 saturated heterocycles. The van der Waals surface area contributed by atoms with Crippen LogP contribution in [-0.4, -0.2) is 18.7 Å². The number of hydrogen-bond donors (Lipinski definition) is 4. The highest BCUT2D eigenvalue weighted by Crippen LogP contribution is 1.98. The van der Waals surface area contributed by atoms with Crippen LogP contribution in [-0.2, 0) is 4.79 Å². The number of rotatable bonds is 4. The molecule has 0 aromatic heterocycles. The van der Waals surface area contributed by atoms with Gasteiger partial charge in [-0.05, 0) is 18.4 Å². The van der Waals surface area contributed by atoms with Crippen LogP contribution in [0.1, 0.15) is 0 Å². The second-order valence-electron chi connectivity index (χ2n) is 1.97. The second-order valence-corrected chi connectivity index (χ2v) is 2.45. The molecular weight excluding hydrogens is 174 g/mol. The third-order valence-electron chi connectivity index (χ3n) is 0.974. The van der Waals surface area contributed by atoms with Gasteiger partial charge in [-0.25, -0.2) is 0 Å². The topological polar surface area (TPSA) is 79.0 Å². The van der Waals surface area contributed by atoms with Gasteiger partial charge in [0.05, 0.1) is 10.6 Å². The van der Waals surface area contributed by atoms with Gasteiger partial charge in [0.1, 0.15) is 0 Å². The Balaban J connectivity index is 4.24. The van der Waals surface area contributed by atoms with Gasteiger partial charge in [-0.1, -0.05) is 0 Å². The Morgan fingerprint density at radius 2 is 2.25 bits per heavy atom. The van der Waals surface area contributed by atoms with Crippen LogP contribution in [0.2, 0.25) is 0 Å². The van der Waals surface area contributed by atoms with E-state index in [2.05, 4.69) is 17.9 Å². The molecule has 0 heterocycles. The number of carbonyl (C=O) groups is 1. The molecule has 0 saturated carbocycles. The van der Waals surface area contributed by atoms with Crippen molar-refractivity contribution >= 4 is 24.2 Å². The van der Waals surface area contributed by atoms with Crippen LogP contribution in [0.5, 0.6) is 0 Å². The number of thiol groups is 1. The van der Waals surface area contributed by atoms with Crippen LogP contribution in [0.4, 0.5) is 0 Å². The third kappa shape index (κ3) is 4.56. The zero-order chi connectivity index (χ0) is 9.56. The molecule has 5 heteroatoms. The van der Waals surface area contributed by atoms with Gasteiger partial charge in [0, 0.05) is 7.05 Å². The lowest BCUT2D eigenvalue weighted by Crippen LogP contribution is -2.11. The van der Waals surface area contributed by atoms with Crippen LogP contribution in [0.3, 0.4) is 0 Å². The first-order valence-corrected chi connectivity index (χ1v) is 3.65. The molecule has 0 fully saturated rings. The molecule has 0 aromatic rings. The van der Waals surface area contributed by atoms with Gasteiger partial charge in [0.15, 0.2) is 0 Å². The maximum absolute atomic E-state index is 10.4. The van der Waals surface area contributed by atoms with Crippen molar-refractivity contribution < 1.29 is 4.79 Å². The number of amides is 1. The maximum atomic E-state index is 10.4. The molecule has 66 valence electrons. The van der Waals surface area contributed by atoms with Gasteiger partial charge in [-0.15, -0.1) is 12.6 Å². The van der Waals surface area contributed by atoms with E-state index in [9.17, 15) is 4.79 Å². The van der Waals surface area contributed by atoms with E-state index in [0.29, 0.717) is 0 Å². The minimum atomic E-state index is -0.638. The Morgan fingerprint density at radius 3 is 2.67 bits per heavy atom. The Morgan fingerprint density at radius 1 is 1.67 bits per heavy atom. The van der Waals surface area contributed by atoms with Crippen molar-refractivity contribution in [1.29, 1.82) is 5.41 Å². The molecule has 0 aliphatic heterocycles. The fraction of sp³-hybridized carbons (Fsp3) is 0.143. The normalized spacial score (nSPS) is 11.7. The Labute approximate surface area is 76.4 Å². The lowest BCUT2D eigenvalue weighted by atomic mass is 10.3. The average Bonchev–Trinajstić information content (AvgIpc) is 2.00. The Kier molecular flexibility index (Phi) is 4.87. The number of primary amides is 1. The van der Waals surface area contributed by atoms with E-state index in [-0.39, 0.29) is 10.6 Å². The van der Waals surface area contributed by atoms with Gasteiger partial charge < -0.3 is 16.5 Å². The largest absolute Gasteiger partial charge is 0.394 e. The molecule has 0 aliphatic carbocycles. The van der Waals surface area contributed by atoms with E-state index < -0.39 is 5.91 Å². The summed E-state index contributed by atoms with van der Waals surface area (Å²) in [4.78, 5) is 10.5. The minimum Gasteiger partial charge on any atom is -0.394 e. The average molecular weight is 185 g/mol. The molecule has 0 bridgehead atoms. The first-order valence-electron chi connectivity index (χ1n) is 3.20. The summed E-state index contributed by atoms with van der Waals surface area (Å²) in [5.41, 5.74) is 5.05. The van der Waals surface area contributed by atoms with Crippen molar-refractivity contribution in [3.05, 3.63) is 23.3 Å². The van der Waals surface area contributed by atoms with Crippen molar-refractivity contribution in [3.8, 4) is 0 Å². The zero-order valence-corrected chi connectivity index (χ0v) is 7.56. The van der Waals surface area contributed by atoms with Gasteiger partial charge >= 0.3 is 0 Å². The fourth-order valence-corrected chi connectivity index (χ4v) is 0.579. The first kappa shape index (κ1) is 10.8. The van der Waals surface area contributed by atoms with Crippen LogP contribution in [0.15, 0.2) is 23.3 Å². The van der Waals surface area contributed by atoms with Crippen LogP contribution >= 0.6 is 12.6 Å². The molecule has 12 heavy (non-hydrogen) atoms. The Hall–Kier alpha value is -1.23. The molecule has 1 amide bonds. The molecule has 0 spiro atoms. The van der Waals surface area contributed by atoms with Gasteiger partial charge in [-0.2, -0.15) is 0 Å². The number of nitrogens with two attached hydrogens (primary N) is 1. The predicted molar refractivity (Wildman–Crippen MR) is 52.2 cm³/mol. The highest BCUT2D eigenvalue weighted by Gasteiger charge is 1.97. The first-order chi connectivity index (χ1) is 5.57. The van der Waals surface area contributed by atoms with E-state index in [1.807, 2.05) is 0 Å². The number of nitrogens with one attached hydrogen (secondary N) is 2. The van der Waals surface area contributed by atoms with E-state index in [0.717, 1.165) is 0 Å². The SMILES string of the molecule is CN/C=C\C(=N)/C=C(\S)C(N)=O. The van der Waals surface area contributed by atoms with Crippen molar-refractivity contribution in [3.63, 3.8) is 0 Å². The second kappa shape index (κ2) is 5.42. The van der Waals surface area contributed by atoms with Crippen molar-refractivity contribution in [2.45, 2.75) is 0 Å². The molecule has 4 nitrogen and oxygen atoms in total. The van der Waals surface area contributed by atoms with Crippen molar-refractivity contribution in [2.24, 2.45) is 5.73 Å². The number of carbonyl (C=O) groups excluding carboxylic acids is 1. The summed E-state index contributed by atoms with van der Waals surface area (Å²) in [7, 11) is 1.71. The summed E-state index contributed by atoms with van der Waals surface area (Å²) < 4.78 is 0. The quantitative estimate of drug-likeness (QED) is 0.283. The summed E-state index contributed by atoms with van der Waals surface area (Å²) in [6, 6.07) is 0. The van der Waals surface area contributed by atoms with Gasteiger partial charge in [-0.3, -0.25) is 4.79 Å². The van der Waals surface area contributed by atoms with Crippen LogP contribution in [0, 0.1) is 5.41 Å². The van der Waals surface area contributed by atoms with E-state index in [1.165, 1.54) is 12.2 Å². The van der Waals surface area contributed by atoms with E-state index >= 15 is 0 Å². The summed E-state index contributed by atoms with van der Waals surface area (Å²) in [6.07, 6.45) is 4.33. The molecule has 0 unspecified atom stereocenters. The standard InChI is InChI=1S/C7H11N3OS/c1-10-3-2-5(8)4-6(12)7(9)11/h2-4,8,10,12H,1H3,(H2,9,11)/b3-2-,6-4-,8-5?. The smallest absolute Gasteiger partial charge is 0.254 e. The summed E-state index contributed by atoms with van der Waals surface area (Å²) >= 11 is 3.78. The third-order valence-corrected chi connectivity index (χ3v) is 1.32. The monoisotopic (exact) mass is 185 g/mol. The Bertz CT molecular complexity index is 245. The lowest BCUT2D eigenvalue weighted by Gasteiger charge is -1.92. The highest BCUT2D eigenvalue weighted by molar-refractivity contribution is 7.85. The highest BCUT2D eigenvalue weighted by atomic mass is 32.1. The summed E-state index contributed by atoms with van der Waals surface area (Å²) in [5, 5.41) is 9.97. The van der Waals surface area contributed by atoms with Crippen molar-refractivity contribution in [1.82, 2.24) is 5.32 Å². The maximum Gasteiger partial charge on any atom is 0.254 e. The molecule has 0 aromatic carbocycles. The van der Waals surface area contributed by atoms with E-state index in [1.54, 1.807) is 13.2 Å². The zero-order valence-electron chi connectivity index (χ0n) is 6.66. The van der Waals surface area contributed by atoms with Crippen LogP contribution in [0.25, 0.3) is 0 Å². The van der Waals surface area contributed by atoms with Gasteiger partial charge in [0.2, 0.25) is 0 Å². The van der Waals surface area contributed by atoms with Crippen LogP contribution < -0.4 is 11.1 Å². The molecular formula is C7H11N3OS. The molecule has 0 aliphatic rings. The molecule has 4 N–H and O–H groups in total. The fourth-order valence-electron chi connectivity index (χ4n) is 0.440. The minimum absolute atomic E-state index is 0.0701. The van der Waals surface area contributed by atoms with Gasteiger partial charge in [0.25, 0.3) is 5.91 Å². The molecule has 0 rings (SSSR count). The summed E-state index contributed by atoms with van der Waals surface area (Å²) in [5.74, 6) is -0.638. The summed E-state index contributed by atoms with van der Waals surface area (Å²) in [6.45, 7) is 0.